The van der Waals surface area contributed by atoms with Gasteiger partial charge in [-0.2, -0.15) is 0 Å². The first-order valence-electron chi connectivity index (χ1n) is 6.81. The zero-order chi connectivity index (χ0) is 14.3. The van der Waals surface area contributed by atoms with Gasteiger partial charge < -0.3 is 16.2 Å². The first-order valence-corrected chi connectivity index (χ1v) is 6.81. The predicted octanol–water partition coefficient (Wildman–Crippen LogP) is 2.44. The SMILES string of the molecule is CC(CCN)CCC(=O)Nc1ccccc1C(C)O. The van der Waals surface area contributed by atoms with Crippen LogP contribution in [0, 0.1) is 5.92 Å². The topological polar surface area (TPSA) is 75.4 Å². The molecule has 19 heavy (non-hydrogen) atoms. The van der Waals surface area contributed by atoms with Gasteiger partial charge in [-0.1, -0.05) is 25.1 Å². The predicted molar refractivity (Wildman–Crippen MR) is 77.8 cm³/mol. The molecule has 0 radical (unpaired) electrons. The lowest BCUT2D eigenvalue weighted by Crippen LogP contribution is -2.15. The quantitative estimate of drug-likeness (QED) is 0.708. The van der Waals surface area contributed by atoms with Crippen molar-refractivity contribution in [3.05, 3.63) is 29.8 Å². The molecule has 0 spiro atoms. The molecule has 1 rings (SSSR count). The zero-order valence-corrected chi connectivity index (χ0v) is 11.7. The van der Waals surface area contributed by atoms with Gasteiger partial charge in [-0.25, -0.2) is 0 Å². The highest BCUT2D eigenvalue weighted by atomic mass is 16.3. The van der Waals surface area contributed by atoms with Crippen molar-refractivity contribution in [3.8, 4) is 0 Å². The van der Waals surface area contributed by atoms with E-state index < -0.39 is 6.10 Å². The van der Waals surface area contributed by atoms with E-state index in [2.05, 4.69) is 12.2 Å². The fourth-order valence-electron chi connectivity index (χ4n) is 1.99. The number of nitrogens with one attached hydrogen (secondary N) is 1. The maximum Gasteiger partial charge on any atom is 0.224 e. The number of para-hydroxylation sites is 1. The van der Waals surface area contributed by atoms with Crippen molar-refractivity contribution in [1.82, 2.24) is 0 Å². The van der Waals surface area contributed by atoms with E-state index in [4.69, 9.17) is 5.73 Å². The van der Waals surface area contributed by atoms with Crippen LogP contribution < -0.4 is 11.1 Å². The maximum atomic E-state index is 11.9. The Labute approximate surface area is 115 Å². The van der Waals surface area contributed by atoms with E-state index >= 15 is 0 Å². The molecule has 1 aromatic rings. The van der Waals surface area contributed by atoms with Gasteiger partial charge in [-0.05, 0) is 38.3 Å². The third kappa shape index (κ3) is 5.41. The van der Waals surface area contributed by atoms with Crippen molar-refractivity contribution in [2.45, 2.75) is 39.2 Å². The third-order valence-electron chi connectivity index (χ3n) is 3.21. The highest BCUT2D eigenvalue weighted by Crippen LogP contribution is 2.22. The van der Waals surface area contributed by atoms with E-state index in [1.165, 1.54) is 0 Å². The van der Waals surface area contributed by atoms with Gasteiger partial charge in [0.25, 0.3) is 0 Å². The van der Waals surface area contributed by atoms with Crippen LogP contribution in [0.2, 0.25) is 0 Å². The molecule has 0 aromatic heterocycles. The van der Waals surface area contributed by atoms with E-state index in [1.54, 1.807) is 6.92 Å². The molecule has 0 aliphatic rings. The van der Waals surface area contributed by atoms with Crippen molar-refractivity contribution in [2.24, 2.45) is 11.7 Å². The molecule has 2 atom stereocenters. The second-order valence-corrected chi connectivity index (χ2v) is 5.03. The van der Waals surface area contributed by atoms with Gasteiger partial charge in [0.2, 0.25) is 5.91 Å². The summed E-state index contributed by atoms with van der Waals surface area (Å²) in [5, 5.41) is 12.5. The molecule has 4 heteroatoms. The number of benzene rings is 1. The Morgan fingerprint density at radius 2 is 2.00 bits per heavy atom. The van der Waals surface area contributed by atoms with Gasteiger partial charge in [0, 0.05) is 17.7 Å². The number of aliphatic hydroxyl groups excluding tert-OH is 1. The molecule has 0 heterocycles. The lowest BCUT2D eigenvalue weighted by Gasteiger charge is -2.14. The van der Waals surface area contributed by atoms with Crippen LogP contribution in [0.4, 0.5) is 5.69 Å². The fourth-order valence-corrected chi connectivity index (χ4v) is 1.99. The Morgan fingerprint density at radius 3 is 2.63 bits per heavy atom. The third-order valence-corrected chi connectivity index (χ3v) is 3.21. The molecule has 4 N–H and O–H groups in total. The number of hydrogen-bond acceptors (Lipinski definition) is 3. The number of amides is 1. The van der Waals surface area contributed by atoms with Crippen LogP contribution in [0.25, 0.3) is 0 Å². The molecule has 4 nitrogen and oxygen atoms in total. The van der Waals surface area contributed by atoms with Crippen LogP contribution in [0.5, 0.6) is 0 Å². The first-order chi connectivity index (χ1) is 9.04. The monoisotopic (exact) mass is 264 g/mol. The van der Waals surface area contributed by atoms with Gasteiger partial charge >= 0.3 is 0 Å². The molecular weight excluding hydrogens is 240 g/mol. The molecule has 0 saturated heterocycles. The van der Waals surface area contributed by atoms with Gasteiger partial charge in [0.1, 0.15) is 0 Å². The summed E-state index contributed by atoms with van der Waals surface area (Å²) >= 11 is 0. The first kappa shape index (κ1) is 15.7. The van der Waals surface area contributed by atoms with Gasteiger partial charge in [0.05, 0.1) is 6.10 Å². The molecular formula is C15H24N2O2. The summed E-state index contributed by atoms with van der Waals surface area (Å²) < 4.78 is 0. The second kappa shape index (κ2) is 7.92. The van der Waals surface area contributed by atoms with E-state index in [9.17, 15) is 9.90 Å². The Hall–Kier alpha value is -1.39. The Morgan fingerprint density at radius 1 is 1.32 bits per heavy atom. The highest BCUT2D eigenvalue weighted by molar-refractivity contribution is 5.91. The minimum Gasteiger partial charge on any atom is -0.389 e. The van der Waals surface area contributed by atoms with E-state index in [0.717, 1.165) is 18.4 Å². The highest BCUT2D eigenvalue weighted by Gasteiger charge is 2.11. The second-order valence-electron chi connectivity index (χ2n) is 5.03. The smallest absolute Gasteiger partial charge is 0.224 e. The van der Waals surface area contributed by atoms with Gasteiger partial charge in [-0.3, -0.25) is 4.79 Å². The number of nitrogens with two attached hydrogens (primary N) is 1. The van der Waals surface area contributed by atoms with Crippen LogP contribution >= 0.6 is 0 Å². The van der Waals surface area contributed by atoms with Crippen LogP contribution in [0.3, 0.4) is 0 Å². The summed E-state index contributed by atoms with van der Waals surface area (Å²) in [4.78, 5) is 11.9. The molecule has 106 valence electrons. The minimum absolute atomic E-state index is 0.0167. The molecule has 0 saturated carbocycles. The number of carbonyl (C=O) groups excluding carboxylic acids is 1. The van der Waals surface area contributed by atoms with Crippen LogP contribution in [0.15, 0.2) is 24.3 Å². The van der Waals surface area contributed by atoms with E-state index in [0.29, 0.717) is 24.6 Å². The van der Waals surface area contributed by atoms with Gasteiger partial charge in [0.15, 0.2) is 0 Å². The number of anilines is 1. The molecule has 1 amide bonds. The van der Waals surface area contributed by atoms with Crippen molar-refractivity contribution in [2.75, 3.05) is 11.9 Å². The van der Waals surface area contributed by atoms with Crippen molar-refractivity contribution < 1.29 is 9.90 Å². The molecule has 0 bridgehead atoms. The number of carbonyl (C=O) groups is 1. The van der Waals surface area contributed by atoms with Gasteiger partial charge in [-0.15, -0.1) is 0 Å². The summed E-state index contributed by atoms with van der Waals surface area (Å²) in [7, 11) is 0. The number of aliphatic hydroxyl groups is 1. The summed E-state index contributed by atoms with van der Waals surface area (Å²) in [6.07, 6.45) is 1.67. The minimum atomic E-state index is -0.590. The summed E-state index contributed by atoms with van der Waals surface area (Å²) in [5.74, 6) is 0.444. The molecule has 1 aromatic carbocycles. The van der Waals surface area contributed by atoms with Crippen molar-refractivity contribution >= 4 is 11.6 Å². The summed E-state index contributed by atoms with van der Waals surface area (Å²) in [6.45, 7) is 4.45. The van der Waals surface area contributed by atoms with Crippen molar-refractivity contribution in [3.63, 3.8) is 0 Å². The average Bonchev–Trinajstić information content (AvgIpc) is 2.37. The molecule has 0 aliphatic heterocycles. The van der Waals surface area contributed by atoms with E-state index in [1.807, 2.05) is 24.3 Å². The normalized spacial score (nSPS) is 13.9. The molecule has 2 unspecified atom stereocenters. The number of hydrogen-bond donors (Lipinski definition) is 3. The number of rotatable bonds is 7. The maximum absolute atomic E-state index is 11.9. The van der Waals surface area contributed by atoms with Crippen LogP contribution in [-0.2, 0) is 4.79 Å². The van der Waals surface area contributed by atoms with Crippen LogP contribution in [0.1, 0.15) is 44.8 Å². The molecule has 0 aliphatic carbocycles. The lowest BCUT2D eigenvalue weighted by molar-refractivity contribution is -0.116. The zero-order valence-electron chi connectivity index (χ0n) is 11.7. The fraction of sp³-hybridized carbons (Fsp3) is 0.533. The van der Waals surface area contributed by atoms with Crippen molar-refractivity contribution in [1.29, 1.82) is 0 Å². The standard InChI is InChI=1S/C15H24N2O2/c1-11(9-10-16)7-8-15(19)17-14-6-4-3-5-13(14)12(2)18/h3-6,11-12,18H,7-10,16H2,1-2H3,(H,17,19). The Balaban J connectivity index is 2.53. The lowest BCUT2D eigenvalue weighted by atomic mass is 10.0. The van der Waals surface area contributed by atoms with Crippen LogP contribution in [-0.4, -0.2) is 17.6 Å². The summed E-state index contributed by atoms with van der Waals surface area (Å²) in [5.41, 5.74) is 6.91. The Bertz CT molecular complexity index is 405. The molecule has 0 fully saturated rings. The Kier molecular flexibility index (Phi) is 6.53. The van der Waals surface area contributed by atoms with E-state index in [-0.39, 0.29) is 5.91 Å². The average molecular weight is 264 g/mol. The summed E-state index contributed by atoms with van der Waals surface area (Å²) in [6, 6.07) is 7.32. The largest absolute Gasteiger partial charge is 0.389 e.